The fourth-order valence-corrected chi connectivity index (χ4v) is 3.40. The smallest absolute Gasteiger partial charge is 0.310 e. The van der Waals surface area contributed by atoms with Crippen molar-refractivity contribution in [3.63, 3.8) is 0 Å². The number of ether oxygens (including phenoxy) is 3. The average molecular weight is 447 g/mol. The lowest BCUT2D eigenvalue weighted by Gasteiger charge is -2.11. The molecule has 0 atom stereocenters. The number of esters is 1. The van der Waals surface area contributed by atoms with E-state index in [9.17, 15) is 4.79 Å². The number of carbonyl (C=O) groups is 1. The molecule has 0 aliphatic heterocycles. The highest BCUT2D eigenvalue weighted by Crippen LogP contribution is 2.31. The lowest BCUT2D eigenvalue weighted by molar-refractivity contribution is -0.142. The van der Waals surface area contributed by atoms with Crippen LogP contribution in [0.2, 0.25) is 0 Å². The van der Waals surface area contributed by atoms with Crippen molar-refractivity contribution in [3.05, 3.63) is 63.8 Å². The molecule has 0 radical (unpaired) electrons. The van der Waals surface area contributed by atoms with Crippen LogP contribution in [0.15, 0.2) is 51.4 Å². The molecule has 148 valence electrons. The van der Waals surface area contributed by atoms with Crippen LogP contribution >= 0.6 is 15.9 Å². The number of halogens is 1. The van der Waals surface area contributed by atoms with Crippen LogP contribution in [0.3, 0.4) is 0 Å². The maximum Gasteiger partial charge on any atom is 0.310 e. The molecule has 0 aliphatic rings. The van der Waals surface area contributed by atoms with Crippen LogP contribution in [0.25, 0.3) is 11.0 Å². The van der Waals surface area contributed by atoms with Gasteiger partial charge in [-0.05, 0) is 31.2 Å². The number of carbonyl (C=O) groups excluding carboxylic acids is 1. The minimum atomic E-state index is -0.267. The van der Waals surface area contributed by atoms with Crippen molar-refractivity contribution in [2.75, 3.05) is 20.3 Å². The van der Waals surface area contributed by atoms with Gasteiger partial charge in [-0.25, -0.2) is 0 Å². The fourth-order valence-electron chi connectivity index (χ4n) is 3.03. The first-order valence-corrected chi connectivity index (χ1v) is 9.96. The molecule has 0 fully saturated rings. The molecule has 6 heteroatoms. The average Bonchev–Trinajstić information content (AvgIpc) is 3.02. The fraction of sp³-hybridized carbons (Fsp3) is 0.318. The van der Waals surface area contributed by atoms with Gasteiger partial charge in [0.25, 0.3) is 0 Å². The van der Waals surface area contributed by atoms with Gasteiger partial charge in [0.1, 0.15) is 23.7 Å². The summed E-state index contributed by atoms with van der Waals surface area (Å²) >= 11 is 3.52. The van der Waals surface area contributed by atoms with E-state index in [1.54, 1.807) is 14.0 Å². The zero-order valence-corrected chi connectivity index (χ0v) is 17.6. The second-order valence-corrected chi connectivity index (χ2v) is 7.18. The maximum atomic E-state index is 11.9. The molecule has 3 rings (SSSR count). The van der Waals surface area contributed by atoms with E-state index in [-0.39, 0.29) is 12.4 Å². The SMILES string of the molecule is CCOC(=O)Cc1ccccc1OCc1c(CCOC)oc2ccc(Br)cc12. The van der Waals surface area contributed by atoms with Gasteiger partial charge in [0.05, 0.1) is 19.6 Å². The molecule has 0 bridgehead atoms. The quantitative estimate of drug-likeness (QED) is 0.429. The lowest BCUT2D eigenvalue weighted by Crippen LogP contribution is -2.09. The molecule has 1 aromatic heterocycles. The minimum Gasteiger partial charge on any atom is -0.488 e. The van der Waals surface area contributed by atoms with Gasteiger partial charge in [0.2, 0.25) is 0 Å². The van der Waals surface area contributed by atoms with E-state index in [1.807, 2.05) is 42.5 Å². The second kappa shape index (κ2) is 9.75. The number of benzene rings is 2. The lowest BCUT2D eigenvalue weighted by atomic mass is 10.1. The summed E-state index contributed by atoms with van der Waals surface area (Å²) < 4.78 is 23.4. The zero-order valence-electron chi connectivity index (χ0n) is 16.0. The standard InChI is InChI=1S/C22H23BrO5/c1-3-26-22(24)12-15-6-4-5-7-19(15)27-14-18-17-13-16(23)8-9-20(17)28-21(18)10-11-25-2/h4-9,13H,3,10-12,14H2,1-2H3. The Morgan fingerprint density at radius 3 is 2.79 bits per heavy atom. The van der Waals surface area contributed by atoms with Crippen molar-refractivity contribution in [2.24, 2.45) is 0 Å². The molecule has 5 nitrogen and oxygen atoms in total. The van der Waals surface area contributed by atoms with E-state index in [2.05, 4.69) is 15.9 Å². The second-order valence-electron chi connectivity index (χ2n) is 6.27. The van der Waals surface area contributed by atoms with E-state index < -0.39 is 0 Å². The minimum absolute atomic E-state index is 0.179. The molecule has 0 amide bonds. The number of para-hydroxylation sites is 1. The highest BCUT2D eigenvalue weighted by atomic mass is 79.9. The number of fused-ring (bicyclic) bond motifs is 1. The number of methoxy groups -OCH3 is 1. The van der Waals surface area contributed by atoms with Crippen molar-refractivity contribution in [3.8, 4) is 5.75 Å². The number of hydrogen-bond acceptors (Lipinski definition) is 5. The molecule has 0 spiro atoms. The van der Waals surface area contributed by atoms with Gasteiger partial charge < -0.3 is 18.6 Å². The van der Waals surface area contributed by atoms with Crippen LogP contribution < -0.4 is 4.74 Å². The van der Waals surface area contributed by atoms with Crippen molar-refractivity contribution >= 4 is 32.9 Å². The van der Waals surface area contributed by atoms with Gasteiger partial charge in [-0.1, -0.05) is 34.1 Å². The molecule has 0 aliphatic carbocycles. The molecular formula is C22H23BrO5. The first-order valence-electron chi connectivity index (χ1n) is 9.17. The van der Waals surface area contributed by atoms with E-state index >= 15 is 0 Å². The molecule has 2 aromatic carbocycles. The Balaban J connectivity index is 1.85. The Bertz CT molecular complexity index is 947. The Morgan fingerprint density at radius 1 is 1.18 bits per heavy atom. The topological polar surface area (TPSA) is 57.9 Å². The Kier molecular flexibility index (Phi) is 7.12. The largest absolute Gasteiger partial charge is 0.488 e. The van der Waals surface area contributed by atoms with Crippen LogP contribution in [-0.4, -0.2) is 26.3 Å². The zero-order chi connectivity index (χ0) is 19.9. The molecule has 0 saturated heterocycles. The summed E-state index contributed by atoms with van der Waals surface area (Å²) in [5, 5.41) is 1.00. The Morgan fingerprint density at radius 2 is 2.00 bits per heavy atom. The molecular weight excluding hydrogens is 424 g/mol. The molecule has 0 N–H and O–H groups in total. The van der Waals surface area contributed by atoms with Crippen molar-refractivity contribution < 1.29 is 23.4 Å². The molecule has 3 aromatic rings. The van der Waals surface area contributed by atoms with Gasteiger partial charge >= 0.3 is 5.97 Å². The first kappa shape index (κ1) is 20.4. The molecule has 28 heavy (non-hydrogen) atoms. The predicted octanol–water partition coefficient (Wildman–Crippen LogP) is 5.07. The van der Waals surface area contributed by atoms with Crippen LogP contribution in [0.1, 0.15) is 23.8 Å². The third-order valence-electron chi connectivity index (χ3n) is 4.35. The van der Waals surface area contributed by atoms with Gasteiger partial charge in [0, 0.05) is 34.5 Å². The van der Waals surface area contributed by atoms with Crippen LogP contribution in [-0.2, 0) is 33.7 Å². The van der Waals surface area contributed by atoms with Gasteiger partial charge in [0.15, 0.2) is 0 Å². The van der Waals surface area contributed by atoms with Crippen molar-refractivity contribution in [1.82, 2.24) is 0 Å². The van der Waals surface area contributed by atoms with E-state index in [0.29, 0.717) is 32.0 Å². The third-order valence-corrected chi connectivity index (χ3v) is 4.85. The molecule has 0 unspecified atom stereocenters. The Hall–Kier alpha value is -2.31. The van der Waals surface area contributed by atoms with Crippen LogP contribution in [0, 0.1) is 0 Å². The van der Waals surface area contributed by atoms with Crippen molar-refractivity contribution in [1.29, 1.82) is 0 Å². The van der Waals surface area contributed by atoms with E-state index in [0.717, 1.165) is 32.3 Å². The monoisotopic (exact) mass is 446 g/mol. The number of rotatable bonds is 9. The summed E-state index contributed by atoms with van der Waals surface area (Å²) in [5.74, 6) is 1.24. The van der Waals surface area contributed by atoms with E-state index in [1.165, 1.54) is 0 Å². The normalized spacial score (nSPS) is 11.0. The summed E-state index contributed by atoms with van der Waals surface area (Å²) in [6, 6.07) is 13.4. The number of hydrogen-bond donors (Lipinski definition) is 0. The van der Waals surface area contributed by atoms with E-state index in [4.69, 9.17) is 18.6 Å². The summed E-state index contributed by atoms with van der Waals surface area (Å²) in [4.78, 5) is 11.9. The highest BCUT2D eigenvalue weighted by Gasteiger charge is 2.16. The number of furan rings is 1. The van der Waals surface area contributed by atoms with Gasteiger partial charge in [-0.15, -0.1) is 0 Å². The van der Waals surface area contributed by atoms with Gasteiger partial charge in [-0.3, -0.25) is 4.79 Å². The van der Waals surface area contributed by atoms with Crippen LogP contribution in [0.5, 0.6) is 5.75 Å². The van der Waals surface area contributed by atoms with Gasteiger partial charge in [-0.2, -0.15) is 0 Å². The summed E-state index contributed by atoms with van der Waals surface area (Å²) in [5.41, 5.74) is 2.60. The summed E-state index contributed by atoms with van der Waals surface area (Å²) in [7, 11) is 1.67. The summed E-state index contributed by atoms with van der Waals surface area (Å²) in [6.45, 7) is 3.06. The van der Waals surface area contributed by atoms with Crippen molar-refractivity contribution in [2.45, 2.75) is 26.4 Å². The molecule has 0 saturated carbocycles. The maximum absolute atomic E-state index is 11.9. The molecule has 1 heterocycles. The summed E-state index contributed by atoms with van der Waals surface area (Å²) in [6.07, 6.45) is 0.837. The highest BCUT2D eigenvalue weighted by molar-refractivity contribution is 9.10. The van der Waals surface area contributed by atoms with Crippen LogP contribution in [0.4, 0.5) is 0 Å². The predicted molar refractivity (Wildman–Crippen MR) is 111 cm³/mol. The third kappa shape index (κ3) is 4.94. The Labute approximate surface area is 172 Å². The first-order chi connectivity index (χ1) is 13.6.